The van der Waals surface area contributed by atoms with E-state index in [1.165, 1.54) is 0 Å². The van der Waals surface area contributed by atoms with E-state index in [9.17, 15) is 4.79 Å². The average molecular weight is 283 g/mol. The Kier molecular flexibility index (Phi) is 5.06. The van der Waals surface area contributed by atoms with Crippen LogP contribution in [0.4, 0.5) is 0 Å². The van der Waals surface area contributed by atoms with E-state index in [1.807, 2.05) is 62.4 Å². The lowest BCUT2D eigenvalue weighted by molar-refractivity contribution is -0.135. The van der Waals surface area contributed by atoms with E-state index in [0.717, 1.165) is 11.3 Å². The molecular formula is C17H21N3O. The van der Waals surface area contributed by atoms with Gasteiger partial charge >= 0.3 is 0 Å². The van der Waals surface area contributed by atoms with Gasteiger partial charge in [0.2, 0.25) is 5.91 Å². The van der Waals surface area contributed by atoms with Gasteiger partial charge < -0.3 is 10.6 Å². The van der Waals surface area contributed by atoms with Gasteiger partial charge in [0.15, 0.2) is 0 Å². The molecule has 0 fully saturated rings. The van der Waals surface area contributed by atoms with Crippen molar-refractivity contribution in [3.05, 3.63) is 66.0 Å². The molecule has 4 heteroatoms. The normalized spacial score (nSPS) is 12.2. The number of nitrogens with two attached hydrogens (primary N) is 1. The minimum absolute atomic E-state index is 0.0641. The van der Waals surface area contributed by atoms with E-state index in [4.69, 9.17) is 5.73 Å². The Morgan fingerprint density at radius 3 is 2.38 bits per heavy atom. The predicted octanol–water partition coefficient (Wildman–Crippen LogP) is 2.52. The minimum atomic E-state index is -0.641. The summed E-state index contributed by atoms with van der Waals surface area (Å²) in [6, 6.07) is 14.6. The van der Waals surface area contributed by atoms with Crippen molar-refractivity contribution in [3.8, 4) is 0 Å². The van der Waals surface area contributed by atoms with Crippen LogP contribution < -0.4 is 5.73 Å². The van der Waals surface area contributed by atoms with Crippen LogP contribution in [0.25, 0.3) is 0 Å². The summed E-state index contributed by atoms with van der Waals surface area (Å²) in [7, 11) is 0. The van der Waals surface area contributed by atoms with Crippen molar-refractivity contribution in [2.75, 3.05) is 0 Å². The Labute approximate surface area is 125 Å². The first kappa shape index (κ1) is 15.2. The molecule has 2 aromatic rings. The van der Waals surface area contributed by atoms with E-state index < -0.39 is 6.04 Å². The van der Waals surface area contributed by atoms with Gasteiger partial charge in [-0.25, -0.2) is 0 Å². The highest BCUT2D eigenvalue weighted by atomic mass is 16.2. The zero-order chi connectivity index (χ0) is 15.2. The van der Waals surface area contributed by atoms with E-state index in [-0.39, 0.29) is 11.9 Å². The zero-order valence-electron chi connectivity index (χ0n) is 12.4. The fourth-order valence-electron chi connectivity index (χ4n) is 2.16. The molecule has 0 spiro atoms. The van der Waals surface area contributed by atoms with Crippen molar-refractivity contribution >= 4 is 5.91 Å². The summed E-state index contributed by atoms with van der Waals surface area (Å²) in [5.74, 6) is -0.0816. The van der Waals surface area contributed by atoms with Gasteiger partial charge in [-0.1, -0.05) is 36.4 Å². The molecule has 0 radical (unpaired) electrons. The smallest absolute Gasteiger partial charge is 0.244 e. The molecule has 0 saturated carbocycles. The summed E-state index contributed by atoms with van der Waals surface area (Å²) in [6.07, 6.45) is 1.73. The van der Waals surface area contributed by atoms with Crippen LogP contribution in [0.15, 0.2) is 54.7 Å². The molecule has 21 heavy (non-hydrogen) atoms. The maximum atomic E-state index is 12.7. The molecule has 1 aromatic heterocycles. The molecule has 1 atom stereocenters. The van der Waals surface area contributed by atoms with Gasteiger partial charge in [0.05, 0.1) is 12.2 Å². The van der Waals surface area contributed by atoms with Gasteiger partial charge in [-0.15, -0.1) is 0 Å². The highest BCUT2D eigenvalue weighted by Crippen LogP contribution is 2.16. The summed E-state index contributed by atoms with van der Waals surface area (Å²) >= 11 is 0. The van der Waals surface area contributed by atoms with Crippen LogP contribution in [0.3, 0.4) is 0 Å². The van der Waals surface area contributed by atoms with Crippen molar-refractivity contribution in [3.63, 3.8) is 0 Å². The summed E-state index contributed by atoms with van der Waals surface area (Å²) in [5, 5.41) is 0. The number of nitrogens with zero attached hydrogens (tertiary/aromatic N) is 2. The zero-order valence-corrected chi connectivity index (χ0v) is 12.4. The molecule has 0 saturated heterocycles. The average Bonchev–Trinajstić information content (AvgIpc) is 2.53. The van der Waals surface area contributed by atoms with Crippen molar-refractivity contribution < 1.29 is 4.79 Å². The molecule has 110 valence electrons. The van der Waals surface area contributed by atoms with Crippen LogP contribution in [0.2, 0.25) is 0 Å². The molecule has 4 nitrogen and oxygen atoms in total. The van der Waals surface area contributed by atoms with Crippen molar-refractivity contribution in [2.24, 2.45) is 5.73 Å². The number of aromatic nitrogens is 1. The molecule has 0 aliphatic carbocycles. The molecule has 1 amide bonds. The van der Waals surface area contributed by atoms with Gasteiger partial charge in [0.25, 0.3) is 0 Å². The number of carbonyl (C=O) groups excluding carboxylic acids is 1. The topological polar surface area (TPSA) is 59.2 Å². The van der Waals surface area contributed by atoms with Gasteiger partial charge in [-0.05, 0) is 31.5 Å². The first-order valence-corrected chi connectivity index (χ1v) is 7.10. The third-order valence-electron chi connectivity index (χ3n) is 3.39. The standard InChI is InChI=1S/C17H21N3O/c1-13(2)20(12-15-10-6-7-11-19-15)17(21)16(18)14-8-4-3-5-9-14/h3-11,13,16H,12,18H2,1-2H3/t16-/m1/s1. The number of benzene rings is 1. The van der Waals surface area contributed by atoms with Crippen LogP contribution >= 0.6 is 0 Å². The van der Waals surface area contributed by atoms with E-state index in [2.05, 4.69) is 4.98 Å². The van der Waals surface area contributed by atoms with Crippen LogP contribution in [0.1, 0.15) is 31.1 Å². The monoisotopic (exact) mass is 283 g/mol. The van der Waals surface area contributed by atoms with Crippen LogP contribution in [0, 0.1) is 0 Å². The van der Waals surface area contributed by atoms with Gasteiger partial charge in [0.1, 0.15) is 6.04 Å². The highest BCUT2D eigenvalue weighted by molar-refractivity contribution is 5.83. The predicted molar refractivity (Wildman–Crippen MR) is 83.3 cm³/mol. The quantitative estimate of drug-likeness (QED) is 0.917. The summed E-state index contributed by atoms with van der Waals surface area (Å²) in [5.41, 5.74) is 7.81. The Morgan fingerprint density at radius 1 is 1.14 bits per heavy atom. The molecule has 2 rings (SSSR count). The Bertz CT molecular complexity index is 569. The van der Waals surface area contributed by atoms with Gasteiger partial charge in [0, 0.05) is 12.2 Å². The maximum absolute atomic E-state index is 12.7. The highest BCUT2D eigenvalue weighted by Gasteiger charge is 2.24. The van der Waals surface area contributed by atoms with Crippen LogP contribution in [0.5, 0.6) is 0 Å². The van der Waals surface area contributed by atoms with Crippen LogP contribution in [-0.4, -0.2) is 21.8 Å². The van der Waals surface area contributed by atoms with E-state index in [0.29, 0.717) is 6.54 Å². The van der Waals surface area contributed by atoms with Gasteiger partial charge in [-0.3, -0.25) is 9.78 Å². The van der Waals surface area contributed by atoms with Crippen LogP contribution in [-0.2, 0) is 11.3 Å². The van der Waals surface area contributed by atoms with Crippen molar-refractivity contribution in [1.82, 2.24) is 9.88 Å². The maximum Gasteiger partial charge on any atom is 0.244 e. The largest absolute Gasteiger partial charge is 0.333 e. The molecule has 1 aromatic carbocycles. The minimum Gasteiger partial charge on any atom is -0.333 e. The Morgan fingerprint density at radius 2 is 1.81 bits per heavy atom. The SMILES string of the molecule is CC(C)N(Cc1ccccn1)C(=O)[C@H](N)c1ccccc1. The van der Waals surface area contributed by atoms with E-state index in [1.54, 1.807) is 11.1 Å². The summed E-state index contributed by atoms with van der Waals surface area (Å²) in [6.45, 7) is 4.44. The lowest BCUT2D eigenvalue weighted by atomic mass is 10.1. The molecular weight excluding hydrogens is 262 g/mol. The molecule has 2 N–H and O–H groups in total. The fourth-order valence-corrected chi connectivity index (χ4v) is 2.16. The van der Waals surface area contributed by atoms with E-state index >= 15 is 0 Å². The number of rotatable bonds is 5. The lowest BCUT2D eigenvalue weighted by Crippen LogP contribution is -2.42. The molecule has 1 heterocycles. The second-order valence-electron chi connectivity index (χ2n) is 5.27. The summed E-state index contributed by atoms with van der Waals surface area (Å²) < 4.78 is 0. The molecule has 0 aliphatic heterocycles. The fraction of sp³-hybridized carbons (Fsp3) is 0.294. The third kappa shape index (κ3) is 3.89. The number of pyridine rings is 1. The molecule has 0 aliphatic rings. The number of amides is 1. The molecule has 0 unspecified atom stereocenters. The van der Waals surface area contributed by atoms with Crippen molar-refractivity contribution in [1.29, 1.82) is 0 Å². The second kappa shape index (κ2) is 6.99. The third-order valence-corrected chi connectivity index (χ3v) is 3.39. The number of carbonyl (C=O) groups is 1. The number of hydrogen-bond donors (Lipinski definition) is 1. The number of hydrogen-bond acceptors (Lipinski definition) is 3. The first-order valence-electron chi connectivity index (χ1n) is 7.10. The Balaban J connectivity index is 2.16. The second-order valence-corrected chi connectivity index (χ2v) is 5.27. The first-order chi connectivity index (χ1) is 10.1. The van der Waals surface area contributed by atoms with Gasteiger partial charge in [-0.2, -0.15) is 0 Å². The molecule has 0 bridgehead atoms. The lowest BCUT2D eigenvalue weighted by Gasteiger charge is -2.29. The summed E-state index contributed by atoms with van der Waals surface area (Å²) in [4.78, 5) is 18.7. The Hall–Kier alpha value is -2.20. The van der Waals surface area contributed by atoms with Crippen molar-refractivity contribution in [2.45, 2.75) is 32.5 Å².